The first kappa shape index (κ1) is 11.3. The van der Waals surface area contributed by atoms with Crippen LogP contribution in [0.4, 0.5) is 0 Å². The first-order valence-electron chi connectivity index (χ1n) is 6.21. The number of rotatable bonds is 0. The summed E-state index contributed by atoms with van der Waals surface area (Å²) in [6.07, 6.45) is 3.92. The molecule has 0 N–H and O–H groups in total. The lowest BCUT2D eigenvalue weighted by molar-refractivity contribution is -0.135. The van der Waals surface area contributed by atoms with Crippen molar-refractivity contribution in [3.63, 3.8) is 0 Å². The molecule has 1 aromatic rings. The zero-order valence-corrected chi connectivity index (χ0v) is 11.5. The van der Waals surface area contributed by atoms with Gasteiger partial charge in [0.15, 0.2) is 0 Å². The van der Waals surface area contributed by atoms with E-state index in [1.165, 1.54) is 11.1 Å². The number of aryl methyl sites for hydroxylation is 1. The van der Waals surface area contributed by atoms with Gasteiger partial charge in [0.05, 0.1) is 0 Å². The lowest BCUT2D eigenvalue weighted by atomic mass is 9.74. The van der Waals surface area contributed by atoms with Crippen LogP contribution in [-0.2, 0) is 11.2 Å². The van der Waals surface area contributed by atoms with E-state index in [-0.39, 0.29) is 0 Å². The number of likely N-dealkylation sites (N-methyl/N-ethyl adjacent to an activating group) is 1. The molecule has 0 spiro atoms. The Labute approximate surface area is 110 Å². The van der Waals surface area contributed by atoms with Crippen molar-refractivity contribution in [3.8, 4) is 0 Å². The molecule has 17 heavy (non-hydrogen) atoms. The Bertz CT molecular complexity index is 471. The number of benzene rings is 1. The Hall–Kier alpha value is -0.830. The van der Waals surface area contributed by atoms with Crippen molar-refractivity contribution in [2.24, 2.45) is 0 Å². The van der Waals surface area contributed by atoms with Crippen LogP contribution in [0.15, 0.2) is 22.7 Å². The van der Waals surface area contributed by atoms with Crippen molar-refractivity contribution in [2.75, 3.05) is 7.05 Å². The van der Waals surface area contributed by atoms with E-state index in [9.17, 15) is 4.79 Å². The molecule has 0 radical (unpaired) electrons. The summed E-state index contributed by atoms with van der Waals surface area (Å²) in [5, 5.41) is 0. The molecule has 3 rings (SSSR count). The normalized spacial score (nSPS) is 27.6. The van der Waals surface area contributed by atoms with Gasteiger partial charge in [-0.25, -0.2) is 0 Å². The molecule has 0 unspecified atom stereocenters. The highest BCUT2D eigenvalue weighted by Gasteiger charge is 2.37. The van der Waals surface area contributed by atoms with Crippen LogP contribution >= 0.6 is 15.9 Å². The van der Waals surface area contributed by atoms with Crippen LogP contribution in [0.3, 0.4) is 0 Å². The van der Waals surface area contributed by atoms with Crippen LogP contribution in [0.25, 0.3) is 0 Å². The van der Waals surface area contributed by atoms with Gasteiger partial charge in [-0.05, 0) is 42.5 Å². The van der Waals surface area contributed by atoms with E-state index in [2.05, 4.69) is 34.1 Å². The Kier molecular flexibility index (Phi) is 2.74. The monoisotopic (exact) mass is 293 g/mol. The number of amides is 1. The SMILES string of the molecule is CN1C(=O)CC[C@@H]2c3ccc(Br)cc3CC[C@H]21. The molecule has 3 heteroatoms. The number of likely N-dealkylation sites (tertiary alicyclic amines) is 1. The van der Waals surface area contributed by atoms with E-state index in [0.29, 0.717) is 24.3 Å². The zero-order chi connectivity index (χ0) is 12.0. The van der Waals surface area contributed by atoms with E-state index >= 15 is 0 Å². The molecule has 1 aromatic carbocycles. The standard InChI is InChI=1S/C14H16BrNO/c1-16-13-6-2-9-8-10(15)3-4-11(9)12(13)5-7-14(16)17/h3-4,8,12-13H,2,5-7H2,1H3/t12-,13-/m1/s1. The van der Waals surface area contributed by atoms with Crippen molar-refractivity contribution >= 4 is 21.8 Å². The number of carbonyl (C=O) groups excluding carboxylic acids is 1. The largest absolute Gasteiger partial charge is 0.342 e. The van der Waals surface area contributed by atoms with E-state index in [0.717, 1.165) is 23.7 Å². The van der Waals surface area contributed by atoms with Gasteiger partial charge in [0.25, 0.3) is 0 Å². The van der Waals surface area contributed by atoms with Crippen molar-refractivity contribution in [3.05, 3.63) is 33.8 Å². The topological polar surface area (TPSA) is 20.3 Å². The van der Waals surface area contributed by atoms with Crippen LogP contribution in [0, 0.1) is 0 Å². The average Bonchev–Trinajstić information content (AvgIpc) is 2.33. The lowest BCUT2D eigenvalue weighted by Crippen LogP contribution is -2.47. The summed E-state index contributed by atoms with van der Waals surface area (Å²) in [7, 11) is 1.96. The fourth-order valence-electron chi connectivity index (χ4n) is 3.32. The summed E-state index contributed by atoms with van der Waals surface area (Å²) < 4.78 is 1.16. The van der Waals surface area contributed by atoms with E-state index in [1.54, 1.807) is 0 Å². The molecular formula is C14H16BrNO. The van der Waals surface area contributed by atoms with E-state index in [1.807, 2.05) is 11.9 Å². The highest BCUT2D eigenvalue weighted by atomic mass is 79.9. The number of halogens is 1. The maximum Gasteiger partial charge on any atom is 0.222 e. The maximum atomic E-state index is 11.7. The predicted molar refractivity (Wildman–Crippen MR) is 71.0 cm³/mol. The van der Waals surface area contributed by atoms with Gasteiger partial charge in [-0.1, -0.05) is 22.0 Å². The first-order chi connectivity index (χ1) is 8.16. The molecular weight excluding hydrogens is 278 g/mol. The summed E-state index contributed by atoms with van der Waals surface area (Å²) >= 11 is 3.54. The van der Waals surface area contributed by atoms with Crippen molar-refractivity contribution in [2.45, 2.75) is 37.6 Å². The first-order valence-corrected chi connectivity index (χ1v) is 7.00. The van der Waals surface area contributed by atoms with Crippen LogP contribution in [0.1, 0.15) is 36.3 Å². The summed E-state index contributed by atoms with van der Waals surface area (Å²) in [6, 6.07) is 7.02. The molecule has 1 aliphatic heterocycles. The Morgan fingerprint density at radius 2 is 2.12 bits per heavy atom. The van der Waals surface area contributed by atoms with Gasteiger partial charge in [-0.15, -0.1) is 0 Å². The summed E-state index contributed by atoms with van der Waals surface area (Å²) in [4.78, 5) is 13.7. The Morgan fingerprint density at radius 3 is 2.94 bits per heavy atom. The molecule has 0 saturated carbocycles. The van der Waals surface area contributed by atoms with Crippen LogP contribution in [0.5, 0.6) is 0 Å². The summed E-state index contributed by atoms with van der Waals surface area (Å²) in [5.74, 6) is 0.862. The minimum atomic E-state index is 0.312. The second-order valence-corrected chi connectivity index (χ2v) is 6.01. The number of piperidine rings is 1. The third kappa shape index (κ3) is 1.81. The summed E-state index contributed by atoms with van der Waals surface area (Å²) in [6.45, 7) is 0. The van der Waals surface area contributed by atoms with Crippen LogP contribution in [-0.4, -0.2) is 23.9 Å². The Morgan fingerprint density at radius 1 is 1.29 bits per heavy atom. The molecule has 0 bridgehead atoms. The third-order valence-electron chi connectivity index (χ3n) is 4.24. The number of nitrogens with zero attached hydrogens (tertiary/aromatic N) is 1. The highest BCUT2D eigenvalue weighted by molar-refractivity contribution is 9.10. The number of fused-ring (bicyclic) bond motifs is 3. The molecule has 1 fully saturated rings. The Balaban J connectivity index is 1.99. The lowest BCUT2D eigenvalue weighted by Gasteiger charge is -2.43. The fourth-order valence-corrected chi connectivity index (χ4v) is 3.72. The van der Waals surface area contributed by atoms with Crippen molar-refractivity contribution < 1.29 is 4.79 Å². The zero-order valence-electron chi connectivity index (χ0n) is 9.95. The quantitative estimate of drug-likeness (QED) is 0.720. The van der Waals surface area contributed by atoms with Gasteiger partial charge in [-0.2, -0.15) is 0 Å². The minimum absolute atomic E-state index is 0.312. The van der Waals surface area contributed by atoms with Gasteiger partial charge >= 0.3 is 0 Å². The van der Waals surface area contributed by atoms with E-state index in [4.69, 9.17) is 0 Å². The third-order valence-corrected chi connectivity index (χ3v) is 4.73. The molecule has 90 valence electrons. The van der Waals surface area contributed by atoms with Crippen molar-refractivity contribution in [1.82, 2.24) is 4.90 Å². The van der Waals surface area contributed by atoms with Crippen LogP contribution in [0.2, 0.25) is 0 Å². The average molecular weight is 294 g/mol. The number of hydrogen-bond acceptors (Lipinski definition) is 1. The smallest absolute Gasteiger partial charge is 0.222 e. The van der Waals surface area contributed by atoms with Gasteiger partial charge in [-0.3, -0.25) is 4.79 Å². The molecule has 1 saturated heterocycles. The molecule has 2 nitrogen and oxygen atoms in total. The van der Waals surface area contributed by atoms with Gasteiger partial charge in [0, 0.05) is 29.9 Å². The predicted octanol–water partition coefficient (Wildman–Crippen LogP) is 3.10. The molecule has 0 aromatic heterocycles. The molecule has 2 aliphatic rings. The molecule has 1 aliphatic carbocycles. The van der Waals surface area contributed by atoms with Gasteiger partial charge < -0.3 is 4.90 Å². The highest BCUT2D eigenvalue weighted by Crippen LogP contribution is 2.41. The van der Waals surface area contributed by atoms with Gasteiger partial charge in [0.2, 0.25) is 5.91 Å². The van der Waals surface area contributed by atoms with Crippen LogP contribution < -0.4 is 0 Å². The minimum Gasteiger partial charge on any atom is -0.342 e. The second kappa shape index (κ2) is 4.13. The van der Waals surface area contributed by atoms with Gasteiger partial charge in [0.1, 0.15) is 0 Å². The van der Waals surface area contributed by atoms with E-state index < -0.39 is 0 Å². The fraction of sp³-hybridized carbons (Fsp3) is 0.500. The molecule has 1 amide bonds. The number of carbonyl (C=O) groups is 1. The number of hydrogen-bond donors (Lipinski definition) is 0. The molecule has 1 heterocycles. The molecule has 2 atom stereocenters. The second-order valence-electron chi connectivity index (χ2n) is 5.10. The maximum absolute atomic E-state index is 11.7. The summed E-state index contributed by atoms with van der Waals surface area (Å²) in [5.41, 5.74) is 2.92. The van der Waals surface area contributed by atoms with Crippen molar-refractivity contribution in [1.29, 1.82) is 0 Å².